The van der Waals surface area contributed by atoms with Crippen molar-refractivity contribution in [1.29, 1.82) is 0 Å². The van der Waals surface area contributed by atoms with Crippen molar-refractivity contribution in [3.63, 3.8) is 0 Å². The molecule has 1 N–H and O–H groups in total. The first-order valence-electron chi connectivity index (χ1n) is 9.43. The Morgan fingerprint density at radius 2 is 2.19 bits per heavy atom. The van der Waals surface area contributed by atoms with Crippen molar-refractivity contribution in [2.75, 3.05) is 6.54 Å². The number of hydrogen-bond acceptors (Lipinski definition) is 4. The van der Waals surface area contributed by atoms with Crippen LogP contribution in [0.25, 0.3) is 0 Å². The summed E-state index contributed by atoms with van der Waals surface area (Å²) < 4.78 is 0. The molecule has 1 atom stereocenters. The van der Waals surface area contributed by atoms with Crippen LogP contribution in [0.5, 0.6) is 0 Å². The van der Waals surface area contributed by atoms with Gasteiger partial charge >= 0.3 is 5.69 Å². The summed E-state index contributed by atoms with van der Waals surface area (Å²) in [5, 5.41) is 2.11. The fourth-order valence-corrected chi connectivity index (χ4v) is 4.62. The smallest absolute Gasteiger partial charge is 0.340 e. The number of likely N-dealkylation sites (tertiary alicyclic amines) is 1. The van der Waals surface area contributed by atoms with Gasteiger partial charge in [-0.3, -0.25) is 4.79 Å². The molecule has 26 heavy (non-hydrogen) atoms. The van der Waals surface area contributed by atoms with Crippen molar-refractivity contribution in [1.82, 2.24) is 14.9 Å². The van der Waals surface area contributed by atoms with E-state index in [-0.39, 0.29) is 11.6 Å². The highest BCUT2D eigenvalue weighted by Crippen LogP contribution is 2.24. The minimum Gasteiger partial charge on any atom is -0.340 e. The molecule has 1 fully saturated rings. The Hall–Kier alpha value is -1.95. The number of hydrogen-bond donors (Lipinski definition) is 1. The third-order valence-corrected chi connectivity index (χ3v) is 6.23. The lowest BCUT2D eigenvalue weighted by Gasteiger charge is -2.36. The molecule has 5 nitrogen and oxygen atoms in total. The number of aryl methyl sites for hydroxylation is 3. The maximum atomic E-state index is 12.9. The van der Waals surface area contributed by atoms with Crippen molar-refractivity contribution < 1.29 is 4.79 Å². The summed E-state index contributed by atoms with van der Waals surface area (Å²) in [7, 11) is 0. The second-order valence-corrected chi connectivity index (χ2v) is 8.12. The monoisotopic (exact) mass is 373 g/mol. The maximum absolute atomic E-state index is 12.9. The number of carbonyl (C=O) groups is 1. The minimum absolute atomic E-state index is 0.228. The molecule has 6 heteroatoms. The van der Waals surface area contributed by atoms with Crippen LogP contribution in [0.3, 0.4) is 0 Å². The van der Waals surface area contributed by atoms with Crippen LogP contribution in [0.1, 0.15) is 53.9 Å². The van der Waals surface area contributed by atoms with Crippen LogP contribution >= 0.6 is 11.3 Å². The lowest BCUT2D eigenvalue weighted by molar-refractivity contribution is -0.135. The molecule has 0 radical (unpaired) electrons. The molecule has 0 saturated carbocycles. The van der Waals surface area contributed by atoms with Crippen LogP contribution in [-0.2, 0) is 17.6 Å². The third kappa shape index (κ3) is 4.61. The van der Waals surface area contributed by atoms with Crippen molar-refractivity contribution in [2.24, 2.45) is 0 Å². The summed E-state index contributed by atoms with van der Waals surface area (Å²) in [6.07, 6.45) is 6.62. The van der Waals surface area contributed by atoms with Crippen LogP contribution in [-0.4, -0.2) is 33.4 Å². The van der Waals surface area contributed by atoms with E-state index < -0.39 is 0 Å². The number of carbonyl (C=O) groups excluding carboxylic acids is 1. The van der Waals surface area contributed by atoms with Crippen molar-refractivity contribution in [3.8, 4) is 0 Å². The van der Waals surface area contributed by atoms with Crippen LogP contribution in [0, 0.1) is 13.8 Å². The first kappa shape index (κ1) is 18.8. The van der Waals surface area contributed by atoms with Gasteiger partial charge in [-0.1, -0.05) is 6.07 Å². The van der Waals surface area contributed by atoms with Gasteiger partial charge < -0.3 is 9.88 Å². The molecule has 3 heterocycles. The molecular weight excluding hydrogens is 346 g/mol. The number of nitrogens with one attached hydrogen (secondary N) is 1. The zero-order valence-electron chi connectivity index (χ0n) is 15.6. The lowest BCUT2D eigenvalue weighted by Crippen LogP contribution is -2.44. The van der Waals surface area contributed by atoms with E-state index in [2.05, 4.69) is 32.4 Å². The summed E-state index contributed by atoms with van der Waals surface area (Å²) in [6, 6.07) is 4.62. The Labute approximate surface area is 158 Å². The second kappa shape index (κ2) is 8.62. The standard InChI is InChI=1S/C20H27N3O2S/c1-14-18(15(2)22-20(25)21-14)10-11-19(24)23-12-4-3-6-16(23)8-9-17-7-5-13-26-17/h5,7,13,16H,3-4,6,8-12H2,1-2H3,(H,21,22,25). The van der Waals surface area contributed by atoms with Crippen molar-refractivity contribution >= 4 is 17.2 Å². The molecule has 2 aromatic heterocycles. The third-order valence-electron chi connectivity index (χ3n) is 5.29. The topological polar surface area (TPSA) is 66.1 Å². The molecule has 0 bridgehead atoms. The molecule has 2 aromatic rings. The molecular formula is C20H27N3O2S. The molecule has 140 valence electrons. The van der Waals surface area contributed by atoms with Crippen molar-refractivity contribution in [3.05, 3.63) is 49.8 Å². The zero-order valence-corrected chi connectivity index (χ0v) is 16.4. The number of aromatic nitrogens is 2. The normalized spacial score (nSPS) is 17.5. The van der Waals surface area contributed by atoms with Gasteiger partial charge in [-0.05, 0) is 69.4 Å². The Balaban J connectivity index is 1.60. The van der Waals surface area contributed by atoms with Crippen LogP contribution in [0.15, 0.2) is 22.3 Å². The molecule has 0 aliphatic carbocycles. The van der Waals surface area contributed by atoms with E-state index in [1.807, 2.05) is 13.8 Å². The Morgan fingerprint density at radius 3 is 2.92 bits per heavy atom. The van der Waals surface area contributed by atoms with Crippen LogP contribution in [0.2, 0.25) is 0 Å². The fourth-order valence-electron chi connectivity index (χ4n) is 3.89. The van der Waals surface area contributed by atoms with Gasteiger partial charge in [0.05, 0.1) is 0 Å². The van der Waals surface area contributed by atoms with Gasteiger partial charge in [-0.15, -0.1) is 11.3 Å². The van der Waals surface area contributed by atoms with Crippen molar-refractivity contribution in [2.45, 2.75) is 64.8 Å². The highest BCUT2D eigenvalue weighted by Gasteiger charge is 2.26. The fraction of sp³-hybridized carbons (Fsp3) is 0.550. The SMILES string of the molecule is Cc1nc(=O)[nH]c(C)c1CCC(=O)N1CCCCC1CCc1cccs1. The Kier molecular flexibility index (Phi) is 6.25. The molecule has 0 spiro atoms. The molecule has 1 saturated heterocycles. The van der Waals surface area contributed by atoms with E-state index >= 15 is 0 Å². The number of thiophene rings is 1. The lowest BCUT2D eigenvalue weighted by atomic mass is 9.96. The summed E-state index contributed by atoms with van der Waals surface area (Å²) in [5.74, 6) is 0.228. The molecule has 1 aliphatic heterocycles. The average molecular weight is 374 g/mol. The average Bonchev–Trinajstić information content (AvgIpc) is 3.12. The zero-order chi connectivity index (χ0) is 18.5. The van der Waals surface area contributed by atoms with E-state index in [9.17, 15) is 9.59 Å². The molecule has 1 unspecified atom stereocenters. The van der Waals surface area contributed by atoms with E-state index in [4.69, 9.17) is 0 Å². The van der Waals surface area contributed by atoms with Gasteiger partial charge in [0, 0.05) is 35.3 Å². The van der Waals surface area contributed by atoms with Crippen LogP contribution in [0.4, 0.5) is 0 Å². The predicted octanol–water partition coefficient (Wildman–Crippen LogP) is 3.39. The van der Waals surface area contributed by atoms with Gasteiger partial charge in [0.15, 0.2) is 0 Å². The quantitative estimate of drug-likeness (QED) is 0.844. The molecule has 3 rings (SSSR count). The summed E-state index contributed by atoms with van der Waals surface area (Å²) >= 11 is 1.79. The van der Waals surface area contributed by atoms with E-state index in [0.29, 0.717) is 18.9 Å². The van der Waals surface area contributed by atoms with E-state index in [1.165, 1.54) is 11.3 Å². The number of amides is 1. The molecule has 1 amide bonds. The van der Waals surface area contributed by atoms with E-state index in [0.717, 1.165) is 49.2 Å². The van der Waals surface area contributed by atoms with Gasteiger partial charge in [-0.25, -0.2) is 4.79 Å². The van der Waals surface area contributed by atoms with Gasteiger partial charge in [0.1, 0.15) is 0 Å². The first-order chi connectivity index (χ1) is 12.5. The highest BCUT2D eigenvalue weighted by molar-refractivity contribution is 7.09. The van der Waals surface area contributed by atoms with Crippen LogP contribution < -0.4 is 5.69 Å². The van der Waals surface area contributed by atoms with E-state index in [1.54, 1.807) is 11.3 Å². The number of piperidine rings is 1. The molecule has 0 aromatic carbocycles. The van der Waals surface area contributed by atoms with Gasteiger partial charge in [0.25, 0.3) is 0 Å². The number of H-pyrrole nitrogens is 1. The highest BCUT2D eigenvalue weighted by atomic mass is 32.1. The number of aromatic amines is 1. The number of nitrogens with zero attached hydrogens (tertiary/aromatic N) is 2. The minimum atomic E-state index is -0.320. The van der Waals surface area contributed by atoms with Gasteiger partial charge in [0.2, 0.25) is 5.91 Å². The second-order valence-electron chi connectivity index (χ2n) is 7.09. The summed E-state index contributed by atoms with van der Waals surface area (Å²) in [5.41, 5.74) is 2.22. The first-order valence-corrected chi connectivity index (χ1v) is 10.3. The maximum Gasteiger partial charge on any atom is 0.345 e. The number of rotatable bonds is 6. The Morgan fingerprint density at radius 1 is 1.35 bits per heavy atom. The van der Waals surface area contributed by atoms with Gasteiger partial charge in [-0.2, -0.15) is 4.98 Å². The summed E-state index contributed by atoms with van der Waals surface area (Å²) in [6.45, 7) is 4.59. The Bertz CT molecular complexity index is 772. The largest absolute Gasteiger partial charge is 0.345 e. The predicted molar refractivity (Wildman–Crippen MR) is 105 cm³/mol. The molecule has 1 aliphatic rings. The summed E-state index contributed by atoms with van der Waals surface area (Å²) in [4.78, 5) is 34.5.